The Kier molecular flexibility index (Phi) is 5.11. The standard InChI is InChI=1S/C16H22N4O/c1-3-11(4-2)10-18-16(21)13-9-15(20-17)19-14-8-6-5-7-12(13)14/h5-9,11H,3-4,10,17H2,1-2H3,(H,18,21)(H,19,20). The predicted octanol–water partition coefficient (Wildman–Crippen LogP) is 2.69. The lowest BCUT2D eigenvalue weighted by atomic mass is 10.0. The van der Waals surface area contributed by atoms with E-state index in [0.717, 1.165) is 23.7 Å². The zero-order chi connectivity index (χ0) is 15.2. The van der Waals surface area contributed by atoms with Crippen molar-refractivity contribution in [2.75, 3.05) is 12.0 Å². The largest absolute Gasteiger partial charge is 0.352 e. The number of carbonyl (C=O) groups excluding carboxylic acids is 1. The molecule has 4 N–H and O–H groups in total. The van der Waals surface area contributed by atoms with E-state index in [0.29, 0.717) is 23.8 Å². The van der Waals surface area contributed by atoms with Gasteiger partial charge in [-0.2, -0.15) is 0 Å². The van der Waals surface area contributed by atoms with Gasteiger partial charge in [0.15, 0.2) is 0 Å². The van der Waals surface area contributed by atoms with Crippen molar-refractivity contribution in [2.45, 2.75) is 26.7 Å². The van der Waals surface area contributed by atoms with Crippen LogP contribution in [0, 0.1) is 5.92 Å². The smallest absolute Gasteiger partial charge is 0.252 e. The molecule has 1 heterocycles. The highest BCUT2D eigenvalue weighted by atomic mass is 16.1. The number of nitrogens with zero attached hydrogens (tertiary/aromatic N) is 1. The lowest BCUT2D eigenvalue weighted by Gasteiger charge is -2.14. The van der Waals surface area contributed by atoms with Crippen LogP contribution < -0.4 is 16.6 Å². The van der Waals surface area contributed by atoms with Crippen LogP contribution in [-0.2, 0) is 0 Å². The zero-order valence-electron chi connectivity index (χ0n) is 12.5. The average molecular weight is 286 g/mol. The number of aromatic nitrogens is 1. The maximum absolute atomic E-state index is 12.5. The lowest BCUT2D eigenvalue weighted by molar-refractivity contribution is 0.0948. The number of amides is 1. The van der Waals surface area contributed by atoms with Gasteiger partial charge in [-0.25, -0.2) is 10.8 Å². The quantitative estimate of drug-likeness (QED) is 0.563. The monoisotopic (exact) mass is 286 g/mol. The highest BCUT2D eigenvalue weighted by Crippen LogP contribution is 2.20. The van der Waals surface area contributed by atoms with Gasteiger partial charge in [-0.1, -0.05) is 44.9 Å². The van der Waals surface area contributed by atoms with Crippen LogP contribution in [0.15, 0.2) is 30.3 Å². The molecule has 2 rings (SSSR count). The van der Waals surface area contributed by atoms with Crippen LogP contribution in [0.4, 0.5) is 5.82 Å². The minimum atomic E-state index is -0.0861. The van der Waals surface area contributed by atoms with E-state index in [1.165, 1.54) is 0 Å². The van der Waals surface area contributed by atoms with E-state index in [4.69, 9.17) is 5.84 Å². The SMILES string of the molecule is CCC(CC)CNC(=O)c1cc(NN)nc2ccccc12. The van der Waals surface area contributed by atoms with E-state index in [2.05, 4.69) is 29.6 Å². The molecule has 0 atom stereocenters. The van der Waals surface area contributed by atoms with Gasteiger partial charge in [-0.15, -0.1) is 0 Å². The van der Waals surface area contributed by atoms with Gasteiger partial charge in [0, 0.05) is 11.9 Å². The van der Waals surface area contributed by atoms with E-state index in [1.807, 2.05) is 24.3 Å². The maximum Gasteiger partial charge on any atom is 0.252 e. The molecule has 0 saturated heterocycles. The highest BCUT2D eigenvalue weighted by Gasteiger charge is 2.13. The second kappa shape index (κ2) is 7.04. The number of hydrogen-bond acceptors (Lipinski definition) is 4. The zero-order valence-corrected chi connectivity index (χ0v) is 12.5. The Morgan fingerprint density at radius 2 is 2.00 bits per heavy atom. The Morgan fingerprint density at radius 3 is 2.67 bits per heavy atom. The van der Waals surface area contributed by atoms with Crippen molar-refractivity contribution in [1.82, 2.24) is 10.3 Å². The number of anilines is 1. The van der Waals surface area contributed by atoms with Crippen LogP contribution in [0.3, 0.4) is 0 Å². The summed E-state index contributed by atoms with van der Waals surface area (Å²) in [7, 11) is 0. The van der Waals surface area contributed by atoms with Crippen molar-refractivity contribution in [1.29, 1.82) is 0 Å². The van der Waals surface area contributed by atoms with Crippen molar-refractivity contribution < 1.29 is 4.79 Å². The fraction of sp³-hybridized carbons (Fsp3) is 0.375. The normalized spacial score (nSPS) is 10.9. The first kappa shape index (κ1) is 15.3. The lowest BCUT2D eigenvalue weighted by Crippen LogP contribution is -2.29. The summed E-state index contributed by atoms with van der Waals surface area (Å²) in [5, 5.41) is 3.84. The third-order valence-corrected chi connectivity index (χ3v) is 3.81. The highest BCUT2D eigenvalue weighted by molar-refractivity contribution is 6.06. The molecule has 0 fully saturated rings. The number of nitrogens with one attached hydrogen (secondary N) is 2. The van der Waals surface area contributed by atoms with Gasteiger partial charge >= 0.3 is 0 Å². The number of para-hydroxylation sites is 1. The minimum absolute atomic E-state index is 0.0861. The van der Waals surface area contributed by atoms with Gasteiger partial charge in [-0.3, -0.25) is 4.79 Å². The summed E-state index contributed by atoms with van der Waals surface area (Å²) in [5.74, 6) is 6.34. The summed E-state index contributed by atoms with van der Waals surface area (Å²) in [6.07, 6.45) is 2.12. The summed E-state index contributed by atoms with van der Waals surface area (Å²) in [6.45, 7) is 4.96. The second-order valence-electron chi connectivity index (χ2n) is 5.11. The number of rotatable bonds is 6. The first-order valence-corrected chi connectivity index (χ1v) is 7.34. The van der Waals surface area contributed by atoms with Crippen molar-refractivity contribution in [3.05, 3.63) is 35.9 Å². The molecule has 21 heavy (non-hydrogen) atoms. The topological polar surface area (TPSA) is 80.0 Å². The van der Waals surface area contributed by atoms with Gasteiger partial charge in [0.2, 0.25) is 0 Å². The number of nitrogen functional groups attached to an aromatic ring is 1. The van der Waals surface area contributed by atoms with Crippen molar-refractivity contribution in [3.63, 3.8) is 0 Å². The summed E-state index contributed by atoms with van der Waals surface area (Å²) in [4.78, 5) is 16.8. The van der Waals surface area contributed by atoms with Gasteiger partial charge in [0.25, 0.3) is 5.91 Å². The molecule has 0 unspecified atom stereocenters. The van der Waals surface area contributed by atoms with Crippen LogP contribution in [0.1, 0.15) is 37.0 Å². The number of carbonyl (C=O) groups is 1. The van der Waals surface area contributed by atoms with Gasteiger partial charge in [-0.05, 0) is 18.1 Å². The summed E-state index contributed by atoms with van der Waals surface area (Å²) in [6, 6.07) is 9.24. The molecule has 5 nitrogen and oxygen atoms in total. The number of hydrogen-bond donors (Lipinski definition) is 3. The second-order valence-corrected chi connectivity index (χ2v) is 5.11. The first-order valence-electron chi connectivity index (χ1n) is 7.34. The molecule has 1 aromatic carbocycles. The van der Waals surface area contributed by atoms with Crippen molar-refractivity contribution >= 4 is 22.6 Å². The minimum Gasteiger partial charge on any atom is -0.352 e. The Bertz CT molecular complexity index is 623. The van der Waals surface area contributed by atoms with Crippen LogP contribution in [0.25, 0.3) is 10.9 Å². The molecule has 1 amide bonds. The molecule has 0 aliphatic rings. The Morgan fingerprint density at radius 1 is 1.29 bits per heavy atom. The summed E-state index contributed by atoms with van der Waals surface area (Å²) >= 11 is 0. The maximum atomic E-state index is 12.5. The van der Waals surface area contributed by atoms with Crippen LogP contribution in [0.2, 0.25) is 0 Å². The molecular weight excluding hydrogens is 264 g/mol. The fourth-order valence-corrected chi connectivity index (χ4v) is 2.35. The van der Waals surface area contributed by atoms with E-state index in [1.54, 1.807) is 6.07 Å². The number of nitrogens with two attached hydrogens (primary N) is 1. The predicted molar refractivity (Wildman–Crippen MR) is 86.0 cm³/mol. The number of benzene rings is 1. The molecule has 0 saturated carbocycles. The van der Waals surface area contributed by atoms with E-state index < -0.39 is 0 Å². The van der Waals surface area contributed by atoms with Gasteiger partial charge in [0.1, 0.15) is 5.82 Å². The van der Waals surface area contributed by atoms with Crippen LogP contribution >= 0.6 is 0 Å². The molecule has 1 aromatic heterocycles. The molecule has 0 bridgehead atoms. The summed E-state index contributed by atoms with van der Waals surface area (Å²) in [5.41, 5.74) is 3.86. The number of pyridine rings is 1. The number of hydrazine groups is 1. The molecule has 5 heteroatoms. The Balaban J connectivity index is 2.29. The van der Waals surface area contributed by atoms with Crippen molar-refractivity contribution in [3.8, 4) is 0 Å². The number of fused-ring (bicyclic) bond motifs is 1. The molecule has 0 aliphatic carbocycles. The van der Waals surface area contributed by atoms with Crippen LogP contribution in [0.5, 0.6) is 0 Å². The molecular formula is C16H22N4O. The van der Waals surface area contributed by atoms with E-state index in [9.17, 15) is 4.79 Å². The average Bonchev–Trinajstić information content (AvgIpc) is 2.54. The molecule has 0 radical (unpaired) electrons. The molecule has 0 aliphatic heterocycles. The Hall–Kier alpha value is -2.14. The van der Waals surface area contributed by atoms with Gasteiger partial charge < -0.3 is 10.7 Å². The fourth-order valence-electron chi connectivity index (χ4n) is 2.35. The van der Waals surface area contributed by atoms with Crippen LogP contribution in [-0.4, -0.2) is 17.4 Å². The Labute approximate surface area is 124 Å². The van der Waals surface area contributed by atoms with E-state index in [-0.39, 0.29) is 5.91 Å². The molecule has 0 spiro atoms. The third-order valence-electron chi connectivity index (χ3n) is 3.81. The first-order chi connectivity index (χ1) is 10.2. The van der Waals surface area contributed by atoms with Gasteiger partial charge in [0.05, 0.1) is 11.1 Å². The molecule has 112 valence electrons. The molecule has 2 aromatic rings. The third kappa shape index (κ3) is 3.49. The van der Waals surface area contributed by atoms with Crippen molar-refractivity contribution in [2.24, 2.45) is 11.8 Å². The summed E-state index contributed by atoms with van der Waals surface area (Å²) < 4.78 is 0. The van der Waals surface area contributed by atoms with E-state index >= 15 is 0 Å².